The molecule has 1 aliphatic heterocycles. The molecule has 0 spiro atoms. The van der Waals surface area contributed by atoms with Crippen LogP contribution in [-0.4, -0.2) is 17.6 Å². The van der Waals surface area contributed by atoms with Crippen molar-refractivity contribution in [1.82, 2.24) is 0 Å². The first-order chi connectivity index (χ1) is 7.19. The minimum atomic E-state index is -0.157. The molecule has 78 valence electrons. The molecular weight excluding hydrogens is 212 g/mol. The summed E-state index contributed by atoms with van der Waals surface area (Å²) in [5.74, 6) is -0.0212. The van der Waals surface area contributed by atoms with Gasteiger partial charge in [-0.3, -0.25) is 9.59 Å². The third-order valence-electron chi connectivity index (χ3n) is 2.16. The second-order valence-electron chi connectivity index (χ2n) is 3.30. The second-order valence-corrected chi connectivity index (χ2v) is 3.62. The van der Waals surface area contributed by atoms with E-state index in [2.05, 4.69) is 23.3 Å². The molecular formula is C10H10N2O2S. The maximum atomic E-state index is 11.1. The molecule has 0 aliphatic carbocycles. The van der Waals surface area contributed by atoms with Crippen LogP contribution in [0, 0.1) is 0 Å². The number of hydrogen-bond donors (Lipinski definition) is 3. The van der Waals surface area contributed by atoms with Crippen molar-refractivity contribution in [2.75, 3.05) is 16.4 Å². The molecule has 1 aromatic rings. The molecule has 0 radical (unpaired) electrons. The summed E-state index contributed by atoms with van der Waals surface area (Å²) in [4.78, 5) is 22.2. The average molecular weight is 222 g/mol. The fourth-order valence-corrected chi connectivity index (χ4v) is 1.59. The summed E-state index contributed by atoms with van der Waals surface area (Å²) < 4.78 is 0. The standard InChI is InChI=1S/C10H10N2O2S/c13-9-4-6-3-7(11-10(14)5-15)1-2-8(6)12-9/h1-3,15H,4-5H2,(H,11,14)(H,12,13). The fourth-order valence-electron chi connectivity index (χ4n) is 1.51. The lowest BCUT2D eigenvalue weighted by Crippen LogP contribution is -2.12. The van der Waals surface area contributed by atoms with Crippen LogP contribution in [-0.2, 0) is 16.0 Å². The summed E-state index contributed by atoms with van der Waals surface area (Å²) in [5, 5.41) is 5.41. The van der Waals surface area contributed by atoms with Crippen molar-refractivity contribution < 1.29 is 9.59 Å². The Hall–Kier alpha value is -1.49. The van der Waals surface area contributed by atoms with E-state index in [4.69, 9.17) is 0 Å². The highest BCUT2D eigenvalue weighted by Gasteiger charge is 2.17. The third-order valence-corrected chi connectivity index (χ3v) is 2.44. The molecule has 0 saturated heterocycles. The Labute approximate surface area is 92.5 Å². The molecule has 0 fully saturated rings. The highest BCUT2D eigenvalue weighted by atomic mass is 32.1. The minimum Gasteiger partial charge on any atom is -0.326 e. The van der Waals surface area contributed by atoms with Gasteiger partial charge in [0.2, 0.25) is 11.8 Å². The second kappa shape index (κ2) is 3.94. The van der Waals surface area contributed by atoms with Crippen molar-refractivity contribution in [3.8, 4) is 0 Å². The number of nitrogens with one attached hydrogen (secondary N) is 2. The normalized spacial score (nSPS) is 13.3. The summed E-state index contributed by atoms with van der Waals surface area (Å²) in [6.07, 6.45) is 0.375. The predicted molar refractivity (Wildman–Crippen MR) is 61.3 cm³/mol. The molecule has 2 amide bonds. The van der Waals surface area contributed by atoms with Crippen LogP contribution in [0.2, 0.25) is 0 Å². The van der Waals surface area contributed by atoms with E-state index in [1.54, 1.807) is 18.2 Å². The van der Waals surface area contributed by atoms with Gasteiger partial charge >= 0.3 is 0 Å². The number of hydrogen-bond acceptors (Lipinski definition) is 3. The van der Waals surface area contributed by atoms with E-state index >= 15 is 0 Å². The number of carbonyl (C=O) groups is 2. The molecule has 1 heterocycles. The van der Waals surface area contributed by atoms with Crippen molar-refractivity contribution in [2.45, 2.75) is 6.42 Å². The third kappa shape index (κ3) is 2.12. The Morgan fingerprint density at radius 2 is 2.33 bits per heavy atom. The Kier molecular flexibility index (Phi) is 2.64. The summed E-state index contributed by atoms with van der Waals surface area (Å²) >= 11 is 3.86. The van der Waals surface area contributed by atoms with Crippen LogP contribution >= 0.6 is 12.6 Å². The van der Waals surface area contributed by atoms with Crippen LogP contribution in [0.15, 0.2) is 18.2 Å². The van der Waals surface area contributed by atoms with E-state index in [9.17, 15) is 9.59 Å². The lowest BCUT2D eigenvalue weighted by molar-refractivity contribution is -0.115. The van der Waals surface area contributed by atoms with Crippen LogP contribution in [0.4, 0.5) is 11.4 Å². The lowest BCUT2D eigenvalue weighted by atomic mass is 10.1. The van der Waals surface area contributed by atoms with Gasteiger partial charge in [0.1, 0.15) is 0 Å². The SMILES string of the molecule is O=C(CS)Nc1ccc2c(c1)CC(=O)N2. The zero-order valence-electron chi connectivity index (χ0n) is 7.91. The largest absolute Gasteiger partial charge is 0.326 e. The number of fused-ring (bicyclic) bond motifs is 1. The number of amides is 2. The average Bonchev–Trinajstić information content (AvgIpc) is 2.57. The maximum Gasteiger partial charge on any atom is 0.234 e. The molecule has 1 aromatic carbocycles. The highest BCUT2D eigenvalue weighted by molar-refractivity contribution is 7.81. The summed E-state index contributed by atoms with van der Waals surface area (Å²) in [6.45, 7) is 0. The predicted octanol–water partition coefficient (Wildman–Crippen LogP) is 1.05. The first-order valence-corrected chi connectivity index (χ1v) is 5.16. The van der Waals surface area contributed by atoms with Crippen molar-refractivity contribution in [1.29, 1.82) is 0 Å². The summed E-state index contributed by atoms with van der Waals surface area (Å²) in [6, 6.07) is 5.34. The van der Waals surface area contributed by atoms with Crippen molar-refractivity contribution in [3.63, 3.8) is 0 Å². The van der Waals surface area contributed by atoms with Gasteiger partial charge in [-0.2, -0.15) is 12.6 Å². The Balaban J connectivity index is 2.20. The van der Waals surface area contributed by atoms with E-state index in [0.29, 0.717) is 12.1 Å². The number of anilines is 2. The van der Waals surface area contributed by atoms with Gasteiger partial charge in [0.15, 0.2) is 0 Å². The number of benzene rings is 1. The maximum absolute atomic E-state index is 11.1. The molecule has 0 saturated carbocycles. The van der Waals surface area contributed by atoms with Crippen LogP contribution in [0.5, 0.6) is 0 Å². The molecule has 15 heavy (non-hydrogen) atoms. The van der Waals surface area contributed by atoms with Gasteiger partial charge in [0.25, 0.3) is 0 Å². The van der Waals surface area contributed by atoms with Gasteiger partial charge in [-0.05, 0) is 23.8 Å². The van der Waals surface area contributed by atoms with E-state index in [1.165, 1.54) is 0 Å². The first kappa shape index (κ1) is 10.0. The Bertz CT molecular complexity index is 431. The number of rotatable bonds is 2. The van der Waals surface area contributed by atoms with E-state index in [1.807, 2.05) is 0 Å². The van der Waals surface area contributed by atoms with E-state index in [0.717, 1.165) is 11.3 Å². The summed E-state index contributed by atoms with van der Waals surface area (Å²) in [7, 11) is 0. The van der Waals surface area contributed by atoms with Crippen LogP contribution in [0.25, 0.3) is 0 Å². The van der Waals surface area contributed by atoms with Gasteiger partial charge in [-0.25, -0.2) is 0 Å². The van der Waals surface area contributed by atoms with Crippen LogP contribution < -0.4 is 10.6 Å². The van der Waals surface area contributed by atoms with Gasteiger partial charge in [0, 0.05) is 11.4 Å². The first-order valence-electron chi connectivity index (χ1n) is 4.52. The van der Waals surface area contributed by atoms with Gasteiger partial charge < -0.3 is 10.6 Å². The van der Waals surface area contributed by atoms with Crippen molar-refractivity contribution in [2.24, 2.45) is 0 Å². The smallest absolute Gasteiger partial charge is 0.234 e. The zero-order valence-corrected chi connectivity index (χ0v) is 8.80. The van der Waals surface area contributed by atoms with E-state index in [-0.39, 0.29) is 17.6 Å². The topological polar surface area (TPSA) is 58.2 Å². The lowest BCUT2D eigenvalue weighted by Gasteiger charge is -2.05. The monoisotopic (exact) mass is 222 g/mol. The molecule has 0 aromatic heterocycles. The van der Waals surface area contributed by atoms with Crippen molar-refractivity contribution >= 4 is 35.8 Å². The fraction of sp³-hybridized carbons (Fsp3) is 0.200. The van der Waals surface area contributed by atoms with Gasteiger partial charge in [0.05, 0.1) is 12.2 Å². The Morgan fingerprint density at radius 1 is 1.53 bits per heavy atom. The van der Waals surface area contributed by atoms with Gasteiger partial charge in [-0.15, -0.1) is 0 Å². The number of thiol groups is 1. The van der Waals surface area contributed by atoms with E-state index < -0.39 is 0 Å². The molecule has 0 unspecified atom stereocenters. The molecule has 4 nitrogen and oxygen atoms in total. The highest BCUT2D eigenvalue weighted by Crippen LogP contribution is 2.25. The Morgan fingerprint density at radius 3 is 3.07 bits per heavy atom. The molecule has 0 atom stereocenters. The molecule has 5 heteroatoms. The summed E-state index contributed by atoms with van der Waals surface area (Å²) in [5.41, 5.74) is 2.44. The zero-order chi connectivity index (χ0) is 10.8. The van der Waals surface area contributed by atoms with Crippen LogP contribution in [0.3, 0.4) is 0 Å². The minimum absolute atomic E-state index is 0.0114. The molecule has 2 rings (SSSR count). The van der Waals surface area contributed by atoms with Crippen LogP contribution in [0.1, 0.15) is 5.56 Å². The molecule has 2 N–H and O–H groups in total. The van der Waals surface area contributed by atoms with Crippen molar-refractivity contribution in [3.05, 3.63) is 23.8 Å². The number of carbonyl (C=O) groups excluding carboxylic acids is 2. The molecule has 0 bridgehead atoms. The van der Waals surface area contributed by atoms with Gasteiger partial charge in [-0.1, -0.05) is 0 Å². The quantitative estimate of drug-likeness (QED) is 0.655. The molecule has 1 aliphatic rings.